The monoisotopic (exact) mass is 257 g/mol. The fraction of sp³-hybridized carbons (Fsp3) is 0.500. The van der Waals surface area contributed by atoms with Crippen LogP contribution >= 0.6 is 11.6 Å². The van der Waals surface area contributed by atoms with Crippen LogP contribution in [0, 0.1) is 0 Å². The summed E-state index contributed by atoms with van der Waals surface area (Å²) in [5.74, 6) is 1.29. The lowest BCUT2D eigenvalue weighted by atomic mass is 10.1. The Morgan fingerprint density at radius 3 is 2.88 bits per heavy atom. The summed E-state index contributed by atoms with van der Waals surface area (Å²) in [6, 6.07) is 3.73. The van der Waals surface area contributed by atoms with Gasteiger partial charge in [0.15, 0.2) is 11.5 Å². The number of aliphatic hydroxyl groups is 1. The highest BCUT2D eigenvalue weighted by molar-refractivity contribution is 6.32. The van der Waals surface area contributed by atoms with Crippen molar-refractivity contribution in [3.8, 4) is 11.5 Å². The number of nitrogens with one attached hydrogen (secondary N) is 1. The van der Waals surface area contributed by atoms with Gasteiger partial charge in [-0.15, -0.1) is 0 Å². The molecule has 0 amide bonds. The van der Waals surface area contributed by atoms with Crippen molar-refractivity contribution in [2.75, 3.05) is 13.3 Å². The number of fused-ring (bicyclic) bond motifs is 1. The van der Waals surface area contributed by atoms with Crippen LogP contribution in [0.1, 0.15) is 19.4 Å². The van der Waals surface area contributed by atoms with Gasteiger partial charge in [-0.1, -0.05) is 11.6 Å². The highest BCUT2D eigenvalue weighted by Crippen LogP contribution is 2.39. The van der Waals surface area contributed by atoms with Crippen molar-refractivity contribution < 1.29 is 14.6 Å². The molecule has 0 radical (unpaired) electrons. The van der Waals surface area contributed by atoms with Crippen LogP contribution < -0.4 is 14.8 Å². The molecular weight excluding hydrogens is 242 g/mol. The first-order valence-corrected chi connectivity index (χ1v) is 5.85. The van der Waals surface area contributed by atoms with E-state index in [1.807, 2.05) is 12.1 Å². The number of hydrogen-bond donors (Lipinski definition) is 2. The number of hydrogen-bond acceptors (Lipinski definition) is 4. The standard InChI is InChI=1S/C12H16ClNO3/c1-12(2,15)6-14-5-8-3-9(13)11-10(4-8)16-7-17-11/h3-4,14-15H,5-7H2,1-2H3. The Morgan fingerprint density at radius 1 is 1.41 bits per heavy atom. The average Bonchev–Trinajstić information content (AvgIpc) is 2.64. The fourth-order valence-electron chi connectivity index (χ4n) is 1.64. The molecule has 1 aromatic carbocycles. The maximum atomic E-state index is 9.57. The second kappa shape index (κ2) is 4.72. The Hall–Kier alpha value is -0.970. The van der Waals surface area contributed by atoms with Gasteiger partial charge in [0.1, 0.15) is 0 Å². The van der Waals surface area contributed by atoms with Crippen molar-refractivity contribution >= 4 is 11.6 Å². The van der Waals surface area contributed by atoms with E-state index in [1.54, 1.807) is 13.8 Å². The van der Waals surface area contributed by atoms with E-state index in [0.29, 0.717) is 29.6 Å². The zero-order valence-electron chi connectivity index (χ0n) is 9.92. The maximum Gasteiger partial charge on any atom is 0.231 e. The molecule has 4 nitrogen and oxygen atoms in total. The number of halogens is 1. The molecule has 0 saturated heterocycles. The Bertz CT molecular complexity index is 415. The summed E-state index contributed by atoms with van der Waals surface area (Å²) in [6.45, 7) is 4.87. The molecule has 0 bridgehead atoms. The zero-order chi connectivity index (χ0) is 12.5. The van der Waals surface area contributed by atoms with Crippen LogP contribution in [0.4, 0.5) is 0 Å². The van der Waals surface area contributed by atoms with E-state index in [1.165, 1.54) is 0 Å². The van der Waals surface area contributed by atoms with Gasteiger partial charge in [0, 0.05) is 13.1 Å². The van der Waals surface area contributed by atoms with Crippen molar-refractivity contribution in [3.05, 3.63) is 22.7 Å². The third kappa shape index (κ3) is 3.25. The van der Waals surface area contributed by atoms with E-state index in [2.05, 4.69) is 5.32 Å². The van der Waals surface area contributed by atoms with Crippen LogP contribution in [-0.4, -0.2) is 24.0 Å². The molecule has 0 fully saturated rings. The quantitative estimate of drug-likeness (QED) is 0.866. The van der Waals surface area contributed by atoms with E-state index >= 15 is 0 Å². The van der Waals surface area contributed by atoms with Gasteiger partial charge in [0.2, 0.25) is 6.79 Å². The van der Waals surface area contributed by atoms with Gasteiger partial charge in [-0.25, -0.2) is 0 Å². The minimum absolute atomic E-state index is 0.218. The lowest BCUT2D eigenvalue weighted by molar-refractivity contribution is 0.0795. The highest BCUT2D eigenvalue weighted by atomic mass is 35.5. The molecule has 2 rings (SSSR count). The molecule has 1 heterocycles. The maximum absolute atomic E-state index is 9.57. The Morgan fingerprint density at radius 2 is 2.18 bits per heavy atom. The Labute approximate surface area is 105 Å². The minimum atomic E-state index is -0.722. The third-order valence-electron chi connectivity index (χ3n) is 2.37. The van der Waals surface area contributed by atoms with Crippen molar-refractivity contribution in [2.24, 2.45) is 0 Å². The van der Waals surface area contributed by atoms with Gasteiger partial charge in [0.05, 0.1) is 10.6 Å². The lowest BCUT2D eigenvalue weighted by Gasteiger charge is -2.17. The second-order valence-electron chi connectivity index (χ2n) is 4.73. The van der Waals surface area contributed by atoms with Crippen LogP contribution in [0.5, 0.6) is 11.5 Å². The van der Waals surface area contributed by atoms with E-state index in [4.69, 9.17) is 21.1 Å². The van der Waals surface area contributed by atoms with Crippen LogP contribution in [0.25, 0.3) is 0 Å². The summed E-state index contributed by atoms with van der Waals surface area (Å²) in [4.78, 5) is 0. The van der Waals surface area contributed by atoms with Crippen LogP contribution in [-0.2, 0) is 6.54 Å². The van der Waals surface area contributed by atoms with Gasteiger partial charge in [0.25, 0.3) is 0 Å². The molecule has 0 unspecified atom stereocenters. The molecule has 1 aliphatic rings. The normalized spacial score (nSPS) is 14.1. The zero-order valence-corrected chi connectivity index (χ0v) is 10.7. The summed E-state index contributed by atoms with van der Waals surface area (Å²) in [5, 5.41) is 13.3. The summed E-state index contributed by atoms with van der Waals surface area (Å²) < 4.78 is 10.5. The van der Waals surface area contributed by atoms with Crippen molar-refractivity contribution in [1.29, 1.82) is 0 Å². The van der Waals surface area contributed by atoms with Gasteiger partial charge in [-0.3, -0.25) is 0 Å². The molecule has 94 valence electrons. The first kappa shape index (κ1) is 12.5. The average molecular weight is 258 g/mol. The molecule has 0 aliphatic carbocycles. The summed E-state index contributed by atoms with van der Waals surface area (Å²) >= 11 is 6.06. The smallest absolute Gasteiger partial charge is 0.231 e. The molecule has 0 aromatic heterocycles. The van der Waals surface area contributed by atoms with Crippen molar-refractivity contribution in [3.63, 3.8) is 0 Å². The molecule has 0 saturated carbocycles. The molecule has 0 atom stereocenters. The summed E-state index contributed by atoms with van der Waals surface area (Å²) in [5.41, 5.74) is 0.281. The fourth-order valence-corrected chi connectivity index (χ4v) is 1.92. The molecule has 2 N–H and O–H groups in total. The van der Waals surface area contributed by atoms with E-state index in [9.17, 15) is 5.11 Å². The van der Waals surface area contributed by atoms with Crippen molar-refractivity contribution in [2.45, 2.75) is 26.0 Å². The van der Waals surface area contributed by atoms with Crippen LogP contribution in [0.2, 0.25) is 5.02 Å². The van der Waals surface area contributed by atoms with Crippen LogP contribution in [0.3, 0.4) is 0 Å². The first-order chi connectivity index (χ1) is 7.96. The number of benzene rings is 1. The second-order valence-corrected chi connectivity index (χ2v) is 5.13. The summed E-state index contributed by atoms with van der Waals surface area (Å²) in [7, 11) is 0. The predicted molar refractivity (Wildman–Crippen MR) is 65.6 cm³/mol. The van der Waals surface area contributed by atoms with Gasteiger partial charge in [-0.05, 0) is 31.5 Å². The van der Waals surface area contributed by atoms with Crippen molar-refractivity contribution in [1.82, 2.24) is 5.32 Å². The van der Waals surface area contributed by atoms with E-state index in [0.717, 1.165) is 5.56 Å². The Kier molecular flexibility index (Phi) is 3.47. The molecular formula is C12H16ClNO3. The number of ether oxygens (including phenoxy) is 2. The summed E-state index contributed by atoms with van der Waals surface area (Å²) in [6.07, 6.45) is 0. The SMILES string of the molecule is CC(C)(O)CNCc1cc(Cl)c2c(c1)OCO2. The molecule has 1 aromatic rings. The molecule has 1 aliphatic heterocycles. The minimum Gasteiger partial charge on any atom is -0.454 e. The highest BCUT2D eigenvalue weighted by Gasteiger charge is 2.18. The Balaban J connectivity index is 2.00. The number of rotatable bonds is 4. The van der Waals surface area contributed by atoms with E-state index < -0.39 is 5.60 Å². The first-order valence-electron chi connectivity index (χ1n) is 5.47. The third-order valence-corrected chi connectivity index (χ3v) is 2.65. The molecule has 5 heteroatoms. The van der Waals surface area contributed by atoms with Gasteiger partial charge in [-0.2, -0.15) is 0 Å². The lowest BCUT2D eigenvalue weighted by Crippen LogP contribution is -2.34. The predicted octanol–water partition coefficient (Wildman–Crippen LogP) is 1.93. The topological polar surface area (TPSA) is 50.7 Å². The van der Waals surface area contributed by atoms with Gasteiger partial charge < -0.3 is 19.9 Å². The molecule has 0 spiro atoms. The van der Waals surface area contributed by atoms with E-state index in [-0.39, 0.29) is 6.79 Å². The van der Waals surface area contributed by atoms with Gasteiger partial charge >= 0.3 is 0 Å². The molecule has 17 heavy (non-hydrogen) atoms. The largest absolute Gasteiger partial charge is 0.454 e. The van der Waals surface area contributed by atoms with Crippen LogP contribution in [0.15, 0.2) is 12.1 Å².